The van der Waals surface area contributed by atoms with Gasteiger partial charge in [0, 0.05) is 10.7 Å². The lowest BCUT2D eigenvalue weighted by molar-refractivity contribution is -0.136. The highest BCUT2D eigenvalue weighted by molar-refractivity contribution is 6.39. The Labute approximate surface area is 197 Å². The molecule has 0 aliphatic rings. The summed E-state index contributed by atoms with van der Waals surface area (Å²) in [6.45, 7) is 4.58. The molecular weight excluding hydrogens is 442 g/mol. The van der Waals surface area contributed by atoms with Crippen LogP contribution in [0.3, 0.4) is 0 Å². The number of nitrogens with zero attached hydrogens (tertiary/aromatic N) is 1. The summed E-state index contributed by atoms with van der Waals surface area (Å²) in [5.41, 5.74) is 5.08. The van der Waals surface area contributed by atoms with Gasteiger partial charge in [-0.3, -0.25) is 9.59 Å². The third kappa shape index (κ3) is 7.36. The molecule has 2 amide bonds. The summed E-state index contributed by atoms with van der Waals surface area (Å²) in [7, 11) is 0. The summed E-state index contributed by atoms with van der Waals surface area (Å²) in [4.78, 5) is 24.1. The van der Waals surface area contributed by atoms with E-state index in [9.17, 15) is 9.59 Å². The van der Waals surface area contributed by atoms with E-state index in [1.165, 1.54) is 0 Å². The first kappa shape index (κ1) is 23.8. The highest BCUT2D eigenvalue weighted by Crippen LogP contribution is 2.17. The third-order valence-corrected chi connectivity index (χ3v) is 4.80. The summed E-state index contributed by atoms with van der Waals surface area (Å²) < 4.78 is 11.1. The second-order valence-electron chi connectivity index (χ2n) is 6.99. The number of benzene rings is 3. The van der Waals surface area contributed by atoms with Crippen LogP contribution in [0, 0.1) is 0 Å². The van der Waals surface area contributed by atoms with Gasteiger partial charge in [0.25, 0.3) is 0 Å². The minimum atomic E-state index is -0.869. The smallest absolute Gasteiger partial charge is 0.329 e. The van der Waals surface area contributed by atoms with Crippen molar-refractivity contribution in [3.63, 3.8) is 0 Å². The Balaban J connectivity index is 1.50. The number of hydrogen-bond acceptors (Lipinski definition) is 5. The van der Waals surface area contributed by atoms with Crippen LogP contribution < -0.4 is 20.2 Å². The number of nitrogens with one attached hydrogen (secondary N) is 2. The Kier molecular flexibility index (Phi) is 8.43. The maximum absolute atomic E-state index is 12.1. The molecule has 0 saturated heterocycles. The van der Waals surface area contributed by atoms with Gasteiger partial charge in [0.15, 0.2) is 0 Å². The summed E-state index contributed by atoms with van der Waals surface area (Å²) in [6, 6.07) is 21.4. The van der Waals surface area contributed by atoms with E-state index in [0.29, 0.717) is 41.1 Å². The van der Waals surface area contributed by atoms with Gasteiger partial charge in [-0.15, -0.1) is 0 Å². The molecule has 0 aromatic heterocycles. The Bertz CT molecular complexity index is 1110. The normalized spacial score (nSPS) is 10.9. The molecule has 2 N–H and O–H groups in total. The summed E-state index contributed by atoms with van der Waals surface area (Å²) >= 11 is 5.88. The molecule has 0 radical (unpaired) electrons. The quantitative estimate of drug-likeness (QED) is 0.284. The largest absolute Gasteiger partial charge is 0.494 e. The molecule has 3 aromatic rings. The maximum atomic E-state index is 12.1. The van der Waals surface area contributed by atoms with E-state index in [1.54, 1.807) is 31.2 Å². The minimum absolute atomic E-state index is 0.420. The topological polar surface area (TPSA) is 89.0 Å². The van der Waals surface area contributed by atoms with E-state index < -0.39 is 11.8 Å². The van der Waals surface area contributed by atoms with Crippen molar-refractivity contribution in [2.45, 2.75) is 20.5 Å². The number of carbonyl (C=O) groups is 2. The molecule has 3 rings (SSSR count). The van der Waals surface area contributed by atoms with Crippen molar-refractivity contribution in [3.8, 4) is 11.5 Å². The zero-order valence-electron chi connectivity index (χ0n) is 18.3. The average Bonchev–Trinajstić information content (AvgIpc) is 2.83. The summed E-state index contributed by atoms with van der Waals surface area (Å²) in [6.07, 6.45) is 0. The van der Waals surface area contributed by atoms with E-state index in [-0.39, 0.29) is 0 Å². The maximum Gasteiger partial charge on any atom is 0.329 e. The van der Waals surface area contributed by atoms with Crippen molar-refractivity contribution >= 4 is 34.8 Å². The zero-order chi connectivity index (χ0) is 23.6. The minimum Gasteiger partial charge on any atom is -0.494 e. The second-order valence-corrected chi connectivity index (χ2v) is 7.43. The standard InChI is InChI=1S/C25H24ClN3O4/c1-3-32-22-14-10-21(11-15-22)27-24(30)25(31)29-28-17(2)19-6-12-23(13-7-19)33-16-18-4-8-20(26)9-5-18/h4-15H,3,16H2,1-2H3,(H,27,30)(H,29,31)/b28-17+. The fourth-order valence-electron chi connectivity index (χ4n) is 2.78. The highest BCUT2D eigenvalue weighted by Gasteiger charge is 2.13. The lowest BCUT2D eigenvalue weighted by Crippen LogP contribution is -2.32. The molecule has 170 valence electrons. The Morgan fingerprint density at radius 2 is 1.45 bits per heavy atom. The van der Waals surface area contributed by atoms with Gasteiger partial charge in [0.2, 0.25) is 0 Å². The summed E-state index contributed by atoms with van der Waals surface area (Å²) in [5, 5.41) is 7.20. The lowest BCUT2D eigenvalue weighted by atomic mass is 10.1. The average molecular weight is 466 g/mol. The number of carbonyl (C=O) groups excluding carboxylic acids is 2. The first-order valence-electron chi connectivity index (χ1n) is 10.3. The van der Waals surface area contributed by atoms with Crippen LogP contribution in [-0.4, -0.2) is 24.1 Å². The Morgan fingerprint density at radius 1 is 0.848 bits per heavy atom. The fourth-order valence-corrected chi connectivity index (χ4v) is 2.90. The molecule has 0 atom stereocenters. The monoisotopic (exact) mass is 465 g/mol. The molecule has 3 aromatic carbocycles. The van der Waals surface area contributed by atoms with Crippen LogP contribution >= 0.6 is 11.6 Å². The number of rotatable bonds is 8. The highest BCUT2D eigenvalue weighted by atomic mass is 35.5. The first-order chi connectivity index (χ1) is 15.9. The van der Waals surface area contributed by atoms with Gasteiger partial charge in [-0.05, 0) is 85.6 Å². The first-order valence-corrected chi connectivity index (χ1v) is 10.7. The van der Waals surface area contributed by atoms with E-state index in [4.69, 9.17) is 21.1 Å². The number of anilines is 1. The van der Waals surface area contributed by atoms with Crippen molar-refractivity contribution in [3.05, 3.63) is 88.9 Å². The van der Waals surface area contributed by atoms with Crippen LogP contribution in [0.2, 0.25) is 5.02 Å². The molecule has 0 saturated carbocycles. The molecule has 0 aliphatic heterocycles. The lowest BCUT2D eigenvalue weighted by Gasteiger charge is -2.08. The molecule has 8 heteroatoms. The second kappa shape index (κ2) is 11.7. The van der Waals surface area contributed by atoms with E-state index in [0.717, 1.165) is 11.1 Å². The van der Waals surface area contributed by atoms with Crippen LogP contribution in [0.5, 0.6) is 11.5 Å². The van der Waals surface area contributed by atoms with Crippen LogP contribution in [0.1, 0.15) is 25.0 Å². The number of amides is 2. The molecule has 0 aliphatic carbocycles. The van der Waals surface area contributed by atoms with Gasteiger partial charge in [0.1, 0.15) is 18.1 Å². The Hall–Kier alpha value is -3.84. The number of hydrazone groups is 1. The van der Waals surface area contributed by atoms with Crippen LogP contribution in [0.15, 0.2) is 77.9 Å². The van der Waals surface area contributed by atoms with Crippen molar-refractivity contribution in [1.82, 2.24) is 5.43 Å². The predicted octanol–water partition coefficient (Wildman–Crippen LogP) is 4.80. The number of hydrogen-bond donors (Lipinski definition) is 2. The predicted molar refractivity (Wildman–Crippen MR) is 129 cm³/mol. The van der Waals surface area contributed by atoms with Gasteiger partial charge >= 0.3 is 11.8 Å². The van der Waals surface area contributed by atoms with E-state index in [2.05, 4.69) is 15.8 Å². The molecule has 0 spiro atoms. The molecule has 0 bridgehead atoms. The molecular formula is C25H24ClN3O4. The number of halogens is 1. The summed E-state index contributed by atoms with van der Waals surface area (Å²) in [5.74, 6) is -0.311. The number of ether oxygens (including phenoxy) is 2. The van der Waals surface area contributed by atoms with Crippen LogP contribution in [0.25, 0.3) is 0 Å². The third-order valence-electron chi connectivity index (χ3n) is 4.55. The van der Waals surface area contributed by atoms with Crippen molar-refractivity contribution in [2.24, 2.45) is 5.10 Å². The molecule has 0 heterocycles. The Morgan fingerprint density at radius 3 is 2.09 bits per heavy atom. The van der Waals surface area contributed by atoms with Gasteiger partial charge in [0.05, 0.1) is 12.3 Å². The van der Waals surface area contributed by atoms with Gasteiger partial charge in [-0.1, -0.05) is 23.7 Å². The fraction of sp³-hybridized carbons (Fsp3) is 0.160. The molecule has 7 nitrogen and oxygen atoms in total. The van der Waals surface area contributed by atoms with Crippen molar-refractivity contribution in [1.29, 1.82) is 0 Å². The van der Waals surface area contributed by atoms with Crippen LogP contribution in [-0.2, 0) is 16.2 Å². The van der Waals surface area contributed by atoms with E-state index >= 15 is 0 Å². The molecule has 33 heavy (non-hydrogen) atoms. The van der Waals surface area contributed by atoms with Gasteiger partial charge in [-0.25, -0.2) is 5.43 Å². The van der Waals surface area contributed by atoms with Crippen LogP contribution in [0.4, 0.5) is 5.69 Å². The van der Waals surface area contributed by atoms with E-state index in [1.807, 2.05) is 55.5 Å². The van der Waals surface area contributed by atoms with Gasteiger partial charge < -0.3 is 14.8 Å². The van der Waals surface area contributed by atoms with Gasteiger partial charge in [-0.2, -0.15) is 5.10 Å². The molecule has 0 fully saturated rings. The van der Waals surface area contributed by atoms with Crippen molar-refractivity contribution < 1.29 is 19.1 Å². The van der Waals surface area contributed by atoms with Crippen molar-refractivity contribution in [2.75, 3.05) is 11.9 Å². The SMILES string of the molecule is CCOc1ccc(NC(=O)C(=O)N/N=C(\C)c2ccc(OCc3ccc(Cl)cc3)cc2)cc1. The molecule has 0 unspecified atom stereocenters. The zero-order valence-corrected chi connectivity index (χ0v) is 19.1.